The number of aromatic carboxylic acids is 1. The molecule has 2 heterocycles. The molecule has 0 aromatic carbocycles. The van der Waals surface area contributed by atoms with Crippen molar-refractivity contribution in [3.8, 4) is 0 Å². The highest BCUT2D eigenvalue weighted by molar-refractivity contribution is 5.84. The lowest BCUT2D eigenvalue weighted by Gasteiger charge is -2.24. The van der Waals surface area contributed by atoms with Gasteiger partial charge in [-0.3, -0.25) is 4.68 Å². The lowest BCUT2D eigenvalue weighted by Crippen LogP contribution is -2.41. The van der Waals surface area contributed by atoms with Crippen LogP contribution in [-0.2, 0) is 20.1 Å². The van der Waals surface area contributed by atoms with Gasteiger partial charge in [-0.2, -0.15) is 5.10 Å². The molecule has 2 amide bonds. The Morgan fingerprint density at radius 2 is 2.17 bits per heavy atom. The van der Waals surface area contributed by atoms with Crippen molar-refractivity contribution < 1.29 is 19.1 Å². The first kappa shape index (κ1) is 17.6. The number of furan rings is 1. The number of carboxylic acid groups (broad SMARTS) is 1. The predicted molar refractivity (Wildman–Crippen MR) is 86.4 cm³/mol. The summed E-state index contributed by atoms with van der Waals surface area (Å²) < 4.78 is 6.82. The van der Waals surface area contributed by atoms with Gasteiger partial charge in [0.1, 0.15) is 5.76 Å². The summed E-state index contributed by atoms with van der Waals surface area (Å²) in [5.74, 6) is -0.569. The summed E-state index contributed by atoms with van der Waals surface area (Å²) in [7, 11) is 1.83. The van der Waals surface area contributed by atoms with Gasteiger partial charge < -0.3 is 19.7 Å². The highest BCUT2D eigenvalue weighted by Crippen LogP contribution is 2.10. The van der Waals surface area contributed by atoms with Gasteiger partial charge in [-0.1, -0.05) is 13.8 Å². The summed E-state index contributed by atoms with van der Waals surface area (Å²) in [6.07, 6.45) is 3.60. The van der Waals surface area contributed by atoms with Gasteiger partial charge in [-0.25, -0.2) is 9.59 Å². The third kappa shape index (κ3) is 4.87. The van der Waals surface area contributed by atoms with Gasteiger partial charge in [-0.15, -0.1) is 0 Å². The van der Waals surface area contributed by atoms with Crippen LogP contribution in [0, 0.1) is 5.92 Å². The van der Waals surface area contributed by atoms with Crippen molar-refractivity contribution in [2.75, 3.05) is 6.54 Å². The molecule has 0 bridgehead atoms. The molecule has 0 aliphatic heterocycles. The molecule has 0 aliphatic rings. The van der Waals surface area contributed by atoms with Crippen LogP contribution in [0.15, 0.2) is 28.9 Å². The number of urea groups is 1. The molecule has 24 heavy (non-hydrogen) atoms. The molecule has 0 fully saturated rings. The molecule has 130 valence electrons. The van der Waals surface area contributed by atoms with Gasteiger partial charge in [0.2, 0.25) is 5.76 Å². The van der Waals surface area contributed by atoms with E-state index in [1.165, 1.54) is 12.1 Å². The molecule has 0 spiro atoms. The van der Waals surface area contributed by atoms with E-state index in [2.05, 4.69) is 10.4 Å². The molecule has 0 aliphatic carbocycles. The molecule has 0 radical (unpaired) electrons. The summed E-state index contributed by atoms with van der Waals surface area (Å²) in [6, 6.07) is 2.67. The first-order valence-corrected chi connectivity index (χ1v) is 7.67. The van der Waals surface area contributed by atoms with Crippen molar-refractivity contribution in [2.45, 2.75) is 26.9 Å². The minimum Gasteiger partial charge on any atom is -0.475 e. The standard InChI is InChI=1S/C16H22N4O4/c1-11(2)8-20(10-12-6-18-19(3)9-12)16(23)17-7-13-4-5-14(24-13)15(21)22/h4-6,9,11H,7-8,10H2,1-3H3,(H,17,23)(H,21,22). The van der Waals surface area contributed by atoms with E-state index in [1.54, 1.807) is 15.8 Å². The molecule has 0 atom stereocenters. The zero-order chi connectivity index (χ0) is 17.7. The second kappa shape index (κ2) is 7.67. The molecular weight excluding hydrogens is 312 g/mol. The van der Waals surface area contributed by atoms with Gasteiger partial charge in [0.25, 0.3) is 0 Å². The van der Waals surface area contributed by atoms with Crippen LogP contribution in [0.3, 0.4) is 0 Å². The van der Waals surface area contributed by atoms with E-state index < -0.39 is 5.97 Å². The molecule has 0 unspecified atom stereocenters. The number of carboxylic acids is 1. The minimum absolute atomic E-state index is 0.133. The SMILES string of the molecule is CC(C)CN(Cc1cnn(C)c1)C(=O)NCc1ccc(C(=O)O)o1. The van der Waals surface area contributed by atoms with Crippen molar-refractivity contribution in [1.29, 1.82) is 0 Å². The Kier molecular flexibility index (Phi) is 5.62. The lowest BCUT2D eigenvalue weighted by atomic mass is 10.2. The zero-order valence-corrected chi connectivity index (χ0v) is 14.0. The van der Waals surface area contributed by atoms with Crippen molar-refractivity contribution in [3.05, 3.63) is 41.6 Å². The highest BCUT2D eigenvalue weighted by atomic mass is 16.4. The van der Waals surface area contributed by atoms with E-state index in [0.717, 1.165) is 5.56 Å². The summed E-state index contributed by atoms with van der Waals surface area (Å²) >= 11 is 0. The normalized spacial score (nSPS) is 10.8. The number of hydrogen-bond acceptors (Lipinski definition) is 4. The van der Waals surface area contributed by atoms with Crippen LogP contribution in [-0.4, -0.2) is 38.3 Å². The second-order valence-corrected chi connectivity index (χ2v) is 6.03. The van der Waals surface area contributed by atoms with E-state index in [9.17, 15) is 9.59 Å². The molecule has 2 N–H and O–H groups in total. The van der Waals surface area contributed by atoms with Crippen LogP contribution in [0.1, 0.15) is 35.7 Å². The number of rotatable bonds is 7. The summed E-state index contributed by atoms with van der Waals surface area (Å²) in [5, 5.41) is 15.7. The molecule has 8 nitrogen and oxygen atoms in total. The fraction of sp³-hybridized carbons (Fsp3) is 0.438. The van der Waals surface area contributed by atoms with Crippen molar-refractivity contribution in [2.24, 2.45) is 13.0 Å². The Labute approximate surface area is 140 Å². The van der Waals surface area contributed by atoms with Crippen LogP contribution in [0.4, 0.5) is 4.79 Å². The Bertz CT molecular complexity index is 705. The van der Waals surface area contributed by atoms with E-state index in [1.807, 2.05) is 27.1 Å². The van der Waals surface area contributed by atoms with Crippen molar-refractivity contribution >= 4 is 12.0 Å². The van der Waals surface area contributed by atoms with Crippen LogP contribution in [0.2, 0.25) is 0 Å². The van der Waals surface area contributed by atoms with Crippen LogP contribution < -0.4 is 5.32 Å². The topological polar surface area (TPSA) is 101 Å². The third-order valence-corrected chi connectivity index (χ3v) is 3.29. The van der Waals surface area contributed by atoms with E-state index in [-0.39, 0.29) is 18.3 Å². The van der Waals surface area contributed by atoms with Gasteiger partial charge in [0.15, 0.2) is 0 Å². The fourth-order valence-electron chi connectivity index (χ4n) is 2.30. The van der Waals surface area contributed by atoms with Gasteiger partial charge in [-0.05, 0) is 18.1 Å². The monoisotopic (exact) mass is 334 g/mol. The summed E-state index contributed by atoms with van der Waals surface area (Å²) in [6.45, 7) is 5.26. The number of nitrogens with zero attached hydrogens (tertiary/aromatic N) is 3. The Hall–Kier alpha value is -2.77. The Morgan fingerprint density at radius 3 is 2.71 bits per heavy atom. The lowest BCUT2D eigenvalue weighted by molar-refractivity contribution is 0.0660. The Morgan fingerprint density at radius 1 is 1.42 bits per heavy atom. The number of amides is 2. The smallest absolute Gasteiger partial charge is 0.371 e. The van der Waals surface area contributed by atoms with Crippen LogP contribution in [0.5, 0.6) is 0 Å². The average molecular weight is 334 g/mol. The number of aryl methyl sites for hydroxylation is 1. The molecule has 2 aromatic rings. The van der Waals surface area contributed by atoms with Crippen molar-refractivity contribution in [3.63, 3.8) is 0 Å². The summed E-state index contributed by atoms with van der Waals surface area (Å²) in [4.78, 5) is 24.9. The maximum absolute atomic E-state index is 12.4. The first-order valence-electron chi connectivity index (χ1n) is 7.67. The second-order valence-electron chi connectivity index (χ2n) is 6.03. The van der Waals surface area contributed by atoms with E-state index in [4.69, 9.17) is 9.52 Å². The Balaban J connectivity index is 1.97. The average Bonchev–Trinajstić information content (AvgIpc) is 3.13. The van der Waals surface area contributed by atoms with E-state index >= 15 is 0 Å². The first-order chi connectivity index (χ1) is 11.3. The number of aromatic nitrogens is 2. The minimum atomic E-state index is -1.13. The number of carbonyl (C=O) groups is 2. The van der Waals surface area contributed by atoms with Gasteiger partial charge in [0.05, 0.1) is 19.3 Å². The number of carbonyl (C=O) groups excluding carboxylic acids is 1. The maximum atomic E-state index is 12.4. The maximum Gasteiger partial charge on any atom is 0.371 e. The molecule has 2 aromatic heterocycles. The molecule has 0 saturated heterocycles. The third-order valence-electron chi connectivity index (χ3n) is 3.29. The largest absolute Gasteiger partial charge is 0.475 e. The zero-order valence-electron chi connectivity index (χ0n) is 14.0. The molecular formula is C16H22N4O4. The summed E-state index contributed by atoms with van der Waals surface area (Å²) in [5.41, 5.74) is 0.944. The highest BCUT2D eigenvalue weighted by Gasteiger charge is 2.17. The van der Waals surface area contributed by atoms with Crippen molar-refractivity contribution in [1.82, 2.24) is 20.0 Å². The van der Waals surface area contributed by atoms with Gasteiger partial charge in [0, 0.05) is 25.4 Å². The number of nitrogens with one attached hydrogen (secondary N) is 1. The molecule has 8 heteroatoms. The fourth-order valence-corrected chi connectivity index (χ4v) is 2.30. The van der Waals surface area contributed by atoms with Gasteiger partial charge >= 0.3 is 12.0 Å². The molecule has 2 rings (SSSR count). The predicted octanol–water partition coefficient (Wildman–Crippen LogP) is 2.08. The quantitative estimate of drug-likeness (QED) is 0.807. The van der Waals surface area contributed by atoms with Crippen LogP contribution >= 0.6 is 0 Å². The number of hydrogen-bond donors (Lipinski definition) is 2. The van der Waals surface area contributed by atoms with E-state index in [0.29, 0.717) is 24.8 Å². The van der Waals surface area contributed by atoms with Crippen LogP contribution in [0.25, 0.3) is 0 Å². The molecule has 0 saturated carbocycles.